The van der Waals surface area contributed by atoms with E-state index in [-0.39, 0.29) is 101 Å². The molecule has 13 aromatic heterocycles. The minimum Gasteiger partial charge on any atom is -0.501 e. The SMILES string of the molecule is Cc1ccc(-c2[c-]cccc2)nc1.Cc1ccnc(-c2[c-]cc3sc4ccccc4c3c2)c1.[Ir].[Ir].[Ir].[Ir].[Ir].[c-]1ccc2c(oc3ccccc32)c1-c1ccccn1.[c-]1ccc2c(oc3ccccc32)c1-c1ccccn1.[c-]1ccc2c(oc3ccccc32)c1-c1ccccn1.[c-]1ccc2c(oc3ccccc32)c1-c1ccccn1.[c-]1ccccc1-c1ccccn1.[c-]1ccccc1-c1ccccn1. The largest absolute Gasteiger partial charge is 0.501 e. The molecule has 0 amide bonds. The topological polar surface area (TPSA) is 156 Å². The van der Waals surface area contributed by atoms with Gasteiger partial charge in [0.2, 0.25) is 0 Å². The molecule has 0 fully saturated rings. The van der Waals surface area contributed by atoms with Crippen molar-refractivity contribution in [1.29, 1.82) is 0 Å². The summed E-state index contributed by atoms with van der Waals surface area (Å²) in [7, 11) is 0. The average Bonchev–Trinajstić information content (AvgIpc) is 1.86. The fraction of sp³-hybridized carbons (Fsp3) is 0.0167. The fourth-order valence-corrected chi connectivity index (χ4v) is 16.5. The molecule has 0 N–H and O–H groups in total. The number of pyridine rings is 8. The molecule has 0 bridgehead atoms. The third-order valence-electron chi connectivity index (χ3n) is 21.7. The average molecular weight is 2690 g/mol. The molecule has 0 unspecified atom stereocenters. The van der Waals surface area contributed by atoms with Gasteiger partial charge < -0.3 is 57.5 Å². The molecule has 0 aliphatic heterocycles. The summed E-state index contributed by atoms with van der Waals surface area (Å²) >= 11 is 1.82. The number of para-hydroxylation sites is 4. The van der Waals surface area contributed by atoms with Crippen molar-refractivity contribution in [2.75, 3.05) is 0 Å². The Morgan fingerprint density at radius 2 is 0.514 bits per heavy atom. The standard InChI is InChI=1S/C18H12NS.4C17H10NO.C12H10N.2C11H8N.5Ir/c1-12-8-9-19-16(10-12)13-6-7-18-15(11-13)14-4-2-3-5-17(14)20-18;4*1-2-10-16-12(6-1)13-7-5-8-14(17(13)19-16)15-9-3-4-11-18-15;1-10-7-8-12(13-9-10)11-5-3-2-4-6-11;2*1-2-6-10(7-3-1)11-8-4-5-9-12-11;;;;;/h2-5,7-11H,1H3;4*1-7,9-11H;2-5,7-9H,1H3;2*1-6,8-9H;;;;;/q8*-1;;;;;. The third kappa shape index (κ3) is 23.7. The van der Waals surface area contributed by atoms with Crippen molar-refractivity contribution in [3.8, 4) is 90.1 Å². The van der Waals surface area contributed by atoms with E-state index in [0.29, 0.717) is 0 Å². The Balaban J connectivity index is 0.000000126. The molecule has 26 aromatic rings. The van der Waals surface area contributed by atoms with Gasteiger partial charge in [-0.3, -0.25) is 0 Å². The second-order valence-electron chi connectivity index (χ2n) is 30.6. The van der Waals surface area contributed by atoms with Gasteiger partial charge in [0.1, 0.15) is 22.3 Å². The maximum Gasteiger partial charge on any atom is 0.120 e. The van der Waals surface area contributed by atoms with Crippen molar-refractivity contribution in [2.24, 2.45) is 0 Å². The minimum absolute atomic E-state index is 0. The predicted molar refractivity (Wildman–Crippen MR) is 540 cm³/mol. The van der Waals surface area contributed by atoms with Crippen LogP contribution < -0.4 is 0 Å². The fourth-order valence-electron chi connectivity index (χ4n) is 15.4. The Morgan fingerprint density at radius 1 is 0.203 bits per heavy atom. The molecule has 13 heterocycles. The zero-order valence-electron chi connectivity index (χ0n) is 73.9. The maximum atomic E-state index is 5.97. The van der Waals surface area contributed by atoms with Gasteiger partial charge in [-0.25, -0.2) is 0 Å². The molecular weight excluding hydrogens is 2610 g/mol. The van der Waals surface area contributed by atoms with Crippen LogP contribution in [0, 0.1) is 62.4 Å². The first-order valence-corrected chi connectivity index (χ1v) is 44.0. The molecule has 138 heavy (non-hydrogen) atoms. The molecule has 0 aliphatic rings. The molecule has 12 nitrogen and oxygen atoms in total. The summed E-state index contributed by atoms with van der Waals surface area (Å²) in [5.74, 6) is 0. The van der Waals surface area contributed by atoms with Crippen LogP contribution in [-0.4, -0.2) is 39.9 Å². The monoisotopic (exact) mass is 2690 g/mol. The molecule has 18 heteroatoms. The van der Waals surface area contributed by atoms with Crippen LogP contribution >= 0.6 is 11.3 Å². The molecule has 26 rings (SSSR count). The third-order valence-corrected chi connectivity index (χ3v) is 22.9. The van der Waals surface area contributed by atoms with Gasteiger partial charge >= 0.3 is 0 Å². The van der Waals surface area contributed by atoms with E-state index in [1.54, 1.807) is 37.2 Å². The van der Waals surface area contributed by atoms with Crippen LogP contribution in [0.3, 0.4) is 0 Å². The van der Waals surface area contributed by atoms with E-state index in [2.05, 4.69) is 168 Å². The van der Waals surface area contributed by atoms with Gasteiger partial charge in [0.05, 0.1) is 22.3 Å². The summed E-state index contributed by atoms with van der Waals surface area (Å²) in [4.78, 5) is 34.7. The summed E-state index contributed by atoms with van der Waals surface area (Å²) in [6.45, 7) is 4.12. The van der Waals surface area contributed by atoms with Crippen LogP contribution in [0.2, 0.25) is 0 Å². The minimum atomic E-state index is 0. The number of hydrogen-bond donors (Lipinski definition) is 0. The number of thiophene rings is 1. The van der Waals surface area contributed by atoms with Crippen molar-refractivity contribution in [2.45, 2.75) is 13.8 Å². The number of benzene rings is 13. The number of nitrogens with zero attached hydrogens (tertiary/aromatic N) is 8. The Hall–Kier alpha value is -14.3. The first kappa shape index (κ1) is 99.7. The first-order valence-electron chi connectivity index (χ1n) is 43.2. The Morgan fingerprint density at radius 3 is 0.833 bits per heavy atom. The smallest absolute Gasteiger partial charge is 0.120 e. The van der Waals surface area contributed by atoms with Gasteiger partial charge in [0, 0.05) is 176 Å². The number of furan rings is 4. The zero-order valence-corrected chi connectivity index (χ0v) is 86.6. The molecule has 681 valence electrons. The van der Waals surface area contributed by atoms with Crippen LogP contribution in [0.4, 0.5) is 0 Å². The summed E-state index contributed by atoms with van der Waals surface area (Å²) in [5, 5.41) is 11.5. The van der Waals surface area contributed by atoms with Crippen molar-refractivity contribution >= 4 is 119 Å². The van der Waals surface area contributed by atoms with Gasteiger partial charge in [-0.2, -0.15) is 11.3 Å². The second-order valence-corrected chi connectivity index (χ2v) is 31.6. The van der Waals surface area contributed by atoms with Crippen LogP contribution in [0.25, 0.3) is 198 Å². The first-order chi connectivity index (χ1) is 65.8. The number of aromatic nitrogens is 8. The van der Waals surface area contributed by atoms with E-state index in [1.165, 1.54) is 31.3 Å². The second kappa shape index (κ2) is 49.0. The maximum absolute atomic E-state index is 5.97. The molecule has 0 aliphatic carbocycles. The Labute approximate surface area is 870 Å². The summed E-state index contributed by atoms with van der Waals surface area (Å²) in [5.41, 5.74) is 24.7. The Bertz CT molecular complexity index is 7600. The molecule has 13 aromatic carbocycles. The van der Waals surface area contributed by atoms with Gasteiger partial charge in [-0.1, -0.05) is 237 Å². The van der Waals surface area contributed by atoms with Crippen LogP contribution in [0.15, 0.2) is 455 Å². The summed E-state index contributed by atoms with van der Waals surface area (Å²) < 4.78 is 26.5. The normalized spacial score (nSPS) is 10.4. The van der Waals surface area contributed by atoms with E-state index in [1.807, 2.05) is 346 Å². The van der Waals surface area contributed by atoms with E-state index in [9.17, 15) is 0 Å². The van der Waals surface area contributed by atoms with Crippen molar-refractivity contribution in [1.82, 2.24) is 39.9 Å². The molecule has 0 saturated carbocycles. The molecule has 0 atom stereocenters. The summed E-state index contributed by atoms with van der Waals surface area (Å²) in [6, 6.07) is 153. The molecule has 0 spiro atoms. The van der Waals surface area contributed by atoms with Crippen molar-refractivity contribution in [3.05, 3.63) is 497 Å². The summed E-state index contributed by atoms with van der Waals surface area (Å²) in [6.07, 6.45) is 14.4. The van der Waals surface area contributed by atoms with Crippen LogP contribution in [0.5, 0.6) is 0 Å². The quantitative estimate of drug-likeness (QED) is 0.133. The van der Waals surface area contributed by atoms with Crippen molar-refractivity contribution < 1.29 is 118 Å². The molecular formula is C120H78Ir5N8O4S-8. The zero-order chi connectivity index (χ0) is 89.7. The number of aryl methyl sites for hydroxylation is 2. The number of rotatable bonds is 8. The van der Waals surface area contributed by atoms with Crippen LogP contribution in [-0.2, 0) is 101 Å². The van der Waals surface area contributed by atoms with Gasteiger partial charge in [0.25, 0.3) is 0 Å². The number of fused-ring (bicyclic) bond motifs is 15. The van der Waals surface area contributed by atoms with Gasteiger partial charge in [-0.15, -0.1) is 204 Å². The number of hydrogen-bond acceptors (Lipinski definition) is 13. The van der Waals surface area contributed by atoms with Gasteiger partial charge in [-0.05, 0) is 148 Å². The van der Waals surface area contributed by atoms with E-state index in [0.717, 1.165) is 178 Å². The van der Waals surface area contributed by atoms with E-state index < -0.39 is 0 Å². The van der Waals surface area contributed by atoms with Crippen molar-refractivity contribution in [3.63, 3.8) is 0 Å². The molecule has 0 saturated heterocycles. The van der Waals surface area contributed by atoms with E-state index >= 15 is 0 Å². The molecule has 5 radical (unpaired) electrons. The van der Waals surface area contributed by atoms with E-state index in [4.69, 9.17) is 17.7 Å². The van der Waals surface area contributed by atoms with Gasteiger partial charge in [0.15, 0.2) is 0 Å². The van der Waals surface area contributed by atoms with Crippen LogP contribution in [0.1, 0.15) is 11.1 Å². The Kier molecular flexibility index (Phi) is 35.4. The predicted octanol–water partition coefficient (Wildman–Crippen LogP) is 31.0.